The van der Waals surface area contributed by atoms with Gasteiger partial charge in [0, 0.05) is 6.08 Å². The van der Waals surface area contributed by atoms with Gasteiger partial charge in [0.15, 0.2) is 0 Å². The van der Waals surface area contributed by atoms with Gasteiger partial charge in [0.2, 0.25) is 5.76 Å². The molecule has 0 spiro atoms. The fourth-order valence-electron chi connectivity index (χ4n) is 2.49. The molecule has 0 saturated carbocycles. The number of nitrogens with zero attached hydrogens (tertiary/aromatic N) is 2. The molecule has 0 aromatic heterocycles. The van der Waals surface area contributed by atoms with Crippen molar-refractivity contribution < 1.29 is 19.1 Å². The van der Waals surface area contributed by atoms with E-state index < -0.39 is 0 Å². The average Bonchev–Trinajstić information content (AvgIpc) is 2.70. The molecule has 146 valence electrons. The van der Waals surface area contributed by atoms with Crippen LogP contribution in [0.25, 0.3) is 5.53 Å². The normalized spacial score (nSPS) is 13.9. The number of hydrogen-bond acceptors (Lipinski definition) is 4. The van der Waals surface area contributed by atoms with Crippen LogP contribution in [0.3, 0.4) is 0 Å². The van der Waals surface area contributed by atoms with Gasteiger partial charge >= 0.3 is 5.71 Å². The Balaban J connectivity index is 2.09. The summed E-state index contributed by atoms with van der Waals surface area (Å²) < 4.78 is 11.7. The number of hydroxylamine groups is 1. The first-order valence-corrected chi connectivity index (χ1v) is 9.61. The Bertz CT molecular complexity index is 692. The maximum Gasteiger partial charge on any atom is 0.341 e. The van der Waals surface area contributed by atoms with E-state index in [4.69, 9.17) is 14.3 Å². The van der Waals surface area contributed by atoms with Gasteiger partial charge in [-0.2, -0.15) is 4.79 Å². The summed E-state index contributed by atoms with van der Waals surface area (Å²) in [5.41, 5.74) is 14.6. The molecule has 0 aliphatic heterocycles. The van der Waals surface area contributed by atoms with Crippen molar-refractivity contribution in [2.24, 2.45) is 0 Å². The topological polar surface area (TPSA) is 76.1 Å². The van der Waals surface area contributed by atoms with Crippen molar-refractivity contribution in [3.63, 3.8) is 0 Å². The van der Waals surface area contributed by atoms with Gasteiger partial charge in [-0.05, 0) is 18.4 Å². The second-order valence-corrected chi connectivity index (χ2v) is 6.35. The van der Waals surface area contributed by atoms with E-state index in [2.05, 4.69) is 24.1 Å². The van der Waals surface area contributed by atoms with Crippen molar-refractivity contribution in [1.82, 2.24) is 5.48 Å². The minimum Gasteiger partial charge on any atom is -0.495 e. The van der Waals surface area contributed by atoms with E-state index in [-0.39, 0.29) is 0 Å². The summed E-state index contributed by atoms with van der Waals surface area (Å²) in [7, 11) is 0. The molecule has 0 saturated heterocycles. The monoisotopic (exact) mass is 371 g/mol. The van der Waals surface area contributed by atoms with Crippen molar-refractivity contribution in [1.29, 1.82) is 0 Å². The molecule has 1 aromatic rings. The number of ether oxygens (including phenoxy) is 2. The van der Waals surface area contributed by atoms with E-state index >= 15 is 0 Å². The lowest BCUT2D eigenvalue weighted by atomic mass is 10.1. The zero-order valence-electron chi connectivity index (χ0n) is 16.2. The van der Waals surface area contributed by atoms with Gasteiger partial charge in [0.25, 0.3) is 0 Å². The fraction of sp³-hybridized carbons (Fsp3) is 0.476. The van der Waals surface area contributed by atoms with Crippen LogP contribution in [0.2, 0.25) is 0 Å². The largest absolute Gasteiger partial charge is 0.495 e. The lowest BCUT2D eigenvalue weighted by molar-refractivity contribution is -0.0146. The van der Waals surface area contributed by atoms with Crippen molar-refractivity contribution >= 4 is 5.71 Å². The Morgan fingerprint density at radius 3 is 2.41 bits per heavy atom. The Morgan fingerprint density at radius 1 is 1.04 bits per heavy atom. The number of unbranched alkanes of at least 4 members (excludes halogenated alkanes) is 2. The third kappa shape index (κ3) is 6.93. The Labute approximate surface area is 161 Å². The van der Waals surface area contributed by atoms with Crippen LogP contribution in [-0.2, 0) is 20.9 Å². The summed E-state index contributed by atoms with van der Waals surface area (Å²) in [5.74, 6) is 1.23. The zero-order valence-corrected chi connectivity index (χ0v) is 16.2. The van der Waals surface area contributed by atoms with Crippen LogP contribution in [0.15, 0.2) is 53.6 Å². The molecule has 1 aliphatic carbocycles. The molecule has 0 fully saturated rings. The van der Waals surface area contributed by atoms with Crippen molar-refractivity contribution in [3.05, 3.63) is 64.7 Å². The molecule has 2 rings (SSSR count). The average molecular weight is 371 g/mol. The lowest BCUT2D eigenvalue weighted by Crippen LogP contribution is -2.24. The maximum atomic E-state index is 9.36. The highest BCUT2D eigenvalue weighted by molar-refractivity contribution is 5.97. The van der Waals surface area contributed by atoms with Crippen LogP contribution in [0.5, 0.6) is 0 Å². The fourth-order valence-corrected chi connectivity index (χ4v) is 2.49. The quantitative estimate of drug-likeness (QED) is 0.254. The van der Waals surface area contributed by atoms with E-state index in [1.54, 1.807) is 6.08 Å². The van der Waals surface area contributed by atoms with Gasteiger partial charge in [-0.25, -0.2) is 0 Å². The van der Waals surface area contributed by atoms with Gasteiger partial charge in [-0.1, -0.05) is 57.0 Å². The molecule has 6 heteroatoms. The number of rotatable bonds is 12. The van der Waals surface area contributed by atoms with Gasteiger partial charge < -0.3 is 15.0 Å². The molecule has 0 bridgehead atoms. The number of allylic oxidation sites excluding steroid dienone is 3. The smallest absolute Gasteiger partial charge is 0.341 e. The molecule has 0 radical (unpaired) electrons. The zero-order chi connectivity index (χ0) is 19.3. The van der Waals surface area contributed by atoms with Crippen LogP contribution in [0.4, 0.5) is 0 Å². The van der Waals surface area contributed by atoms with E-state index in [0.29, 0.717) is 49.2 Å². The van der Waals surface area contributed by atoms with Crippen LogP contribution in [0, 0.1) is 0 Å². The summed E-state index contributed by atoms with van der Waals surface area (Å²) in [5, 5.41) is 0. The highest BCUT2D eigenvalue weighted by Gasteiger charge is 2.28. The van der Waals surface area contributed by atoms with Crippen LogP contribution >= 0.6 is 0 Å². The van der Waals surface area contributed by atoms with E-state index in [1.165, 1.54) is 0 Å². The Kier molecular flexibility index (Phi) is 9.18. The van der Waals surface area contributed by atoms with Crippen LogP contribution in [-0.4, -0.2) is 23.7 Å². The number of benzene rings is 1. The molecule has 0 heterocycles. The highest BCUT2D eigenvalue weighted by atomic mass is 16.6. The molecule has 1 aromatic carbocycles. The molecule has 0 amide bonds. The van der Waals surface area contributed by atoms with Crippen molar-refractivity contribution in [2.45, 2.75) is 52.6 Å². The molecule has 1 aliphatic rings. The van der Waals surface area contributed by atoms with Crippen LogP contribution < -0.4 is 5.48 Å². The standard InChI is InChI=1S/C21H29N3O3/c1-3-5-12-25-20-15-19(24-27-16-17-10-8-7-9-11-17)21(14-18(20)23-22)26-13-6-4-2/h7-11,15,24H,3-6,12-14,16H2,1-2H3. The highest BCUT2D eigenvalue weighted by Crippen LogP contribution is 2.22. The summed E-state index contributed by atoms with van der Waals surface area (Å²) in [6.07, 6.45) is 6.10. The second-order valence-electron chi connectivity index (χ2n) is 6.35. The van der Waals surface area contributed by atoms with E-state index in [1.807, 2.05) is 30.3 Å². The summed E-state index contributed by atoms with van der Waals surface area (Å²) >= 11 is 0. The van der Waals surface area contributed by atoms with Crippen molar-refractivity contribution in [2.75, 3.05) is 13.2 Å². The summed E-state index contributed by atoms with van der Waals surface area (Å²) in [4.78, 5) is 9.04. The SMILES string of the molecule is CCCCOC1=CC(NOCc2ccccc2)=C(OCCCC)CC1=[N+]=[N-]. The molecular formula is C21H29N3O3. The second kappa shape index (κ2) is 11.9. The maximum absolute atomic E-state index is 9.36. The predicted molar refractivity (Wildman–Crippen MR) is 104 cm³/mol. The first-order chi connectivity index (χ1) is 13.3. The molecule has 1 N–H and O–H groups in total. The summed E-state index contributed by atoms with van der Waals surface area (Å²) in [6.45, 7) is 5.82. The summed E-state index contributed by atoms with van der Waals surface area (Å²) in [6, 6.07) is 9.92. The van der Waals surface area contributed by atoms with Gasteiger partial charge in [0.05, 0.1) is 19.8 Å². The lowest BCUT2D eigenvalue weighted by Gasteiger charge is -2.19. The first kappa shape index (κ1) is 20.7. The van der Waals surface area contributed by atoms with E-state index in [0.717, 1.165) is 31.2 Å². The third-order valence-electron chi connectivity index (χ3n) is 4.10. The van der Waals surface area contributed by atoms with Gasteiger partial charge in [-0.3, -0.25) is 10.3 Å². The minimum atomic E-state index is 0.356. The van der Waals surface area contributed by atoms with Crippen LogP contribution in [0.1, 0.15) is 51.5 Å². The molecule has 27 heavy (non-hydrogen) atoms. The van der Waals surface area contributed by atoms with Gasteiger partial charge in [-0.15, -0.1) is 0 Å². The Hall–Kier alpha value is -2.56. The van der Waals surface area contributed by atoms with E-state index in [9.17, 15) is 5.53 Å². The molecular weight excluding hydrogens is 342 g/mol. The van der Waals surface area contributed by atoms with Crippen molar-refractivity contribution in [3.8, 4) is 0 Å². The first-order valence-electron chi connectivity index (χ1n) is 9.61. The minimum absolute atomic E-state index is 0.356. The molecule has 0 unspecified atom stereocenters. The molecule has 0 atom stereocenters. The third-order valence-corrected chi connectivity index (χ3v) is 4.10. The Morgan fingerprint density at radius 2 is 1.74 bits per heavy atom. The number of nitrogens with one attached hydrogen (secondary N) is 1. The van der Waals surface area contributed by atoms with Gasteiger partial charge in [0.1, 0.15) is 17.9 Å². The predicted octanol–water partition coefficient (Wildman–Crippen LogP) is 4.51. The molecule has 6 nitrogen and oxygen atoms in total. The number of hydrogen-bond donors (Lipinski definition) is 1.